The molecule has 1 fully saturated rings. The molecule has 1 heterocycles. The number of ether oxygens (including phenoxy) is 3. The highest BCUT2D eigenvalue weighted by Gasteiger charge is 2.39. The van der Waals surface area contributed by atoms with Crippen LogP contribution in [0, 0.1) is 23.7 Å². The Bertz CT molecular complexity index is 948. The van der Waals surface area contributed by atoms with Crippen molar-refractivity contribution in [3.63, 3.8) is 0 Å². The molecule has 1 saturated heterocycles. The highest BCUT2D eigenvalue weighted by atomic mass is 16.5. The predicted molar refractivity (Wildman–Crippen MR) is 171 cm³/mol. The molecule has 1 aromatic carbocycles. The molecule has 1 aromatic rings. The third-order valence-corrected chi connectivity index (χ3v) is 8.66. The molecule has 1 amide bonds. The van der Waals surface area contributed by atoms with Crippen LogP contribution in [0.3, 0.4) is 0 Å². The third-order valence-electron chi connectivity index (χ3n) is 8.66. The van der Waals surface area contributed by atoms with Crippen LogP contribution in [-0.4, -0.2) is 67.7 Å². The molecule has 2 unspecified atom stereocenters. The standard InChI is InChI=1S/C34H61N3O5/c1-22(2)25(16-24-12-13-30(41-10)31(17-24)42-15-11-14-40-9)18-28(35)29(38)19-27(23(3)4)32(39)36-26-20-33(5,6)37-34(7,8)21-26/h12-13,17,22-23,25-29,37-38H,11,14-16,18-21,35H2,1-10H3,(H,36,39)/t25?,27?,28-,29-/m0/s1. The van der Waals surface area contributed by atoms with Gasteiger partial charge in [0.25, 0.3) is 0 Å². The van der Waals surface area contributed by atoms with E-state index in [9.17, 15) is 9.90 Å². The van der Waals surface area contributed by atoms with Crippen LogP contribution in [0.5, 0.6) is 11.5 Å². The molecule has 0 saturated carbocycles. The second kappa shape index (κ2) is 16.3. The maximum Gasteiger partial charge on any atom is 0.223 e. The fraction of sp³-hybridized carbons (Fsp3) is 0.794. The van der Waals surface area contributed by atoms with Crippen molar-refractivity contribution in [2.45, 2.75) is 123 Å². The normalized spacial score (nSPS) is 19.8. The van der Waals surface area contributed by atoms with Gasteiger partial charge in [0.15, 0.2) is 11.5 Å². The Labute approximate surface area is 255 Å². The van der Waals surface area contributed by atoms with Crippen molar-refractivity contribution in [1.29, 1.82) is 0 Å². The first-order chi connectivity index (χ1) is 19.6. The lowest BCUT2D eigenvalue weighted by atomic mass is 9.78. The minimum atomic E-state index is -0.763. The number of benzene rings is 1. The van der Waals surface area contributed by atoms with Gasteiger partial charge in [0, 0.05) is 49.2 Å². The number of hydrogen-bond donors (Lipinski definition) is 4. The van der Waals surface area contributed by atoms with Crippen molar-refractivity contribution in [3.8, 4) is 11.5 Å². The summed E-state index contributed by atoms with van der Waals surface area (Å²) in [4.78, 5) is 13.5. The van der Waals surface area contributed by atoms with E-state index in [1.165, 1.54) is 0 Å². The molecular formula is C34H61N3O5. The lowest BCUT2D eigenvalue weighted by molar-refractivity contribution is -0.129. The summed E-state index contributed by atoms with van der Waals surface area (Å²) < 4.78 is 16.6. The summed E-state index contributed by atoms with van der Waals surface area (Å²) in [6.07, 6.45) is 3.61. The lowest BCUT2D eigenvalue weighted by Crippen LogP contribution is -2.62. The van der Waals surface area contributed by atoms with E-state index in [2.05, 4.69) is 58.2 Å². The first-order valence-electron chi connectivity index (χ1n) is 15.9. The molecule has 0 aliphatic carbocycles. The highest BCUT2D eigenvalue weighted by molar-refractivity contribution is 5.79. The van der Waals surface area contributed by atoms with Gasteiger partial charge in [-0.3, -0.25) is 4.79 Å². The smallest absolute Gasteiger partial charge is 0.223 e. The summed E-state index contributed by atoms with van der Waals surface area (Å²) in [5.41, 5.74) is 7.67. The molecule has 4 atom stereocenters. The summed E-state index contributed by atoms with van der Waals surface area (Å²) >= 11 is 0. The van der Waals surface area contributed by atoms with Gasteiger partial charge in [0.1, 0.15) is 0 Å². The largest absolute Gasteiger partial charge is 0.493 e. The first kappa shape index (κ1) is 36.3. The number of carbonyl (C=O) groups excluding carboxylic acids is 1. The summed E-state index contributed by atoms with van der Waals surface area (Å²) in [5.74, 6) is 1.87. The molecule has 8 heteroatoms. The van der Waals surface area contributed by atoms with Gasteiger partial charge in [-0.1, -0.05) is 33.8 Å². The van der Waals surface area contributed by atoms with Gasteiger partial charge < -0.3 is 35.7 Å². The lowest BCUT2D eigenvalue weighted by Gasteiger charge is -2.47. The number of piperidine rings is 1. The number of nitrogens with one attached hydrogen (secondary N) is 2. The first-order valence-corrected chi connectivity index (χ1v) is 15.9. The van der Waals surface area contributed by atoms with Crippen molar-refractivity contribution in [3.05, 3.63) is 23.8 Å². The number of carbonyl (C=O) groups is 1. The van der Waals surface area contributed by atoms with E-state index in [0.29, 0.717) is 37.7 Å². The molecule has 2 rings (SSSR count). The van der Waals surface area contributed by atoms with Crippen molar-refractivity contribution in [2.24, 2.45) is 29.4 Å². The van der Waals surface area contributed by atoms with Crippen LogP contribution >= 0.6 is 0 Å². The summed E-state index contributed by atoms with van der Waals surface area (Å²) in [5, 5.41) is 18.2. The second-order valence-electron chi connectivity index (χ2n) is 14.4. The number of rotatable bonds is 17. The topological polar surface area (TPSA) is 115 Å². The van der Waals surface area contributed by atoms with E-state index < -0.39 is 12.1 Å². The van der Waals surface area contributed by atoms with Crippen LogP contribution in [0.1, 0.15) is 93.1 Å². The van der Waals surface area contributed by atoms with Gasteiger partial charge in [-0.2, -0.15) is 0 Å². The van der Waals surface area contributed by atoms with E-state index in [4.69, 9.17) is 19.9 Å². The maximum absolute atomic E-state index is 13.5. The van der Waals surface area contributed by atoms with Crippen LogP contribution in [0.25, 0.3) is 0 Å². The number of nitrogens with two attached hydrogens (primary N) is 1. The minimum Gasteiger partial charge on any atom is -0.493 e. The molecular weight excluding hydrogens is 530 g/mol. The Kier molecular flexibility index (Phi) is 14.1. The molecule has 0 bridgehead atoms. The van der Waals surface area contributed by atoms with Gasteiger partial charge in [-0.25, -0.2) is 0 Å². The molecule has 0 aromatic heterocycles. The number of methoxy groups -OCH3 is 2. The van der Waals surface area contributed by atoms with Gasteiger partial charge in [0.2, 0.25) is 5.91 Å². The van der Waals surface area contributed by atoms with Crippen molar-refractivity contribution >= 4 is 5.91 Å². The van der Waals surface area contributed by atoms with Crippen LogP contribution in [-0.2, 0) is 16.0 Å². The molecule has 42 heavy (non-hydrogen) atoms. The Balaban J connectivity index is 2.04. The monoisotopic (exact) mass is 591 g/mol. The number of hydrogen-bond acceptors (Lipinski definition) is 7. The molecule has 1 aliphatic rings. The van der Waals surface area contributed by atoms with E-state index >= 15 is 0 Å². The minimum absolute atomic E-state index is 0.0198. The Morgan fingerprint density at radius 1 is 1.02 bits per heavy atom. The van der Waals surface area contributed by atoms with Gasteiger partial charge in [-0.15, -0.1) is 0 Å². The Morgan fingerprint density at radius 2 is 1.67 bits per heavy atom. The van der Waals surface area contributed by atoms with Crippen molar-refractivity contribution < 1.29 is 24.1 Å². The van der Waals surface area contributed by atoms with Gasteiger partial charge >= 0.3 is 0 Å². The number of aliphatic hydroxyl groups excluding tert-OH is 1. The molecule has 1 aliphatic heterocycles. The van der Waals surface area contributed by atoms with Crippen molar-refractivity contribution in [2.75, 3.05) is 27.4 Å². The van der Waals surface area contributed by atoms with Crippen LogP contribution in [0.4, 0.5) is 0 Å². The van der Waals surface area contributed by atoms with E-state index in [1.807, 2.05) is 26.0 Å². The summed E-state index contributed by atoms with van der Waals surface area (Å²) in [6, 6.07) is 5.74. The zero-order valence-electron chi connectivity index (χ0n) is 28.1. The highest BCUT2D eigenvalue weighted by Crippen LogP contribution is 2.32. The van der Waals surface area contributed by atoms with E-state index in [-0.39, 0.29) is 40.8 Å². The quantitative estimate of drug-likeness (QED) is 0.187. The average molecular weight is 592 g/mol. The van der Waals surface area contributed by atoms with E-state index in [1.54, 1.807) is 14.2 Å². The fourth-order valence-corrected chi connectivity index (χ4v) is 6.60. The molecule has 0 radical (unpaired) electrons. The summed E-state index contributed by atoms with van der Waals surface area (Å²) in [6.45, 7) is 18.4. The molecule has 0 spiro atoms. The predicted octanol–water partition coefficient (Wildman–Crippen LogP) is 5.09. The fourth-order valence-electron chi connectivity index (χ4n) is 6.60. The zero-order chi connectivity index (χ0) is 31.7. The maximum atomic E-state index is 13.5. The van der Waals surface area contributed by atoms with Crippen LogP contribution in [0.2, 0.25) is 0 Å². The SMILES string of the molecule is COCCCOc1cc(CC(C[C@H](N)[C@@H](O)CC(C(=O)NC2CC(C)(C)NC(C)(C)C2)C(C)C)C(C)C)ccc1OC. The Hall–Kier alpha value is -1.87. The van der Waals surface area contributed by atoms with E-state index in [0.717, 1.165) is 37.0 Å². The second-order valence-corrected chi connectivity index (χ2v) is 14.4. The van der Waals surface area contributed by atoms with Crippen LogP contribution in [0.15, 0.2) is 18.2 Å². The molecule has 5 N–H and O–H groups in total. The Morgan fingerprint density at radius 3 is 2.21 bits per heavy atom. The summed E-state index contributed by atoms with van der Waals surface area (Å²) in [7, 11) is 3.33. The van der Waals surface area contributed by atoms with Crippen molar-refractivity contribution in [1.82, 2.24) is 10.6 Å². The zero-order valence-corrected chi connectivity index (χ0v) is 28.1. The van der Waals surface area contributed by atoms with Gasteiger partial charge in [0.05, 0.1) is 19.8 Å². The van der Waals surface area contributed by atoms with Crippen LogP contribution < -0.4 is 25.8 Å². The number of aliphatic hydroxyl groups is 1. The van der Waals surface area contributed by atoms with Gasteiger partial charge in [-0.05, 0) is 95.2 Å². The molecule has 242 valence electrons. The number of amides is 1. The average Bonchev–Trinajstić information content (AvgIpc) is 2.87. The molecule has 8 nitrogen and oxygen atoms in total. The third kappa shape index (κ3) is 11.7.